The number of ether oxygens (including phenoxy) is 3. The molecule has 208 valence electrons. The van der Waals surface area contributed by atoms with Crippen LogP contribution in [0.4, 0.5) is 4.39 Å². The molecule has 5 aromatic rings. The molecule has 1 aliphatic rings. The van der Waals surface area contributed by atoms with Crippen LogP contribution in [-0.4, -0.2) is 43.3 Å². The standard InChI is InChI=1S/C30H24ClFN4O5/c31-21-5-4-20(24(32)14-21)16-40-22-3-1-2-18(12-22)19-8-10-33-28(13-19)41-17-27-34-25-6-7-26(30(37)38)35-29(25)36(27)15-23-9-11-39-23/h1-8,10,12-14,23H,9,11,15-17H2,(H,37,38). The van der Waals surface area contributed by atoms with Crippen molar-refractivity contribution in [3.05, 3.63) is 101 Å². The van der Waals surface area contributed by atoms with Crippen LogP contribution in [0.3, 0.4) is 0 Å². The zero-order chi connectivity index (χ0) is 28.3. The van der Waals surface area contributed by atoms with Crippen LogP contribution >= 0.6 is 11.6 Å². The Labute approximate surface area is 239 Å². The maximum Gasteiger partial charge on any atom is 0.354 e. The minimum Gasteiger partial charge on any atom is -0.489 e. The van der Waals surface area contributed by atoms with E-state index >= 15 is 0 Å². The van der Waals surface area contributed by atoms with E-state index in [4.69, 9.17) is 25.8 Å². The van der Waals surface area contributed by atoms with Crippen molar-refractivity contribution < 1.29 is 28.5 Å². The van der Waals surface area contributed by atoms with E-state index in [-0.39, 0.29) is 25.0 Å². The van der Waals surface area contributed by atoms with Crippen molar-refractivity contribution in [3.8, 4) is 22.8 Å². The zero-order valence-electron chi connectivity index (χ0n) is 21.7. The summed E-state index contributed by atoms with van der Waals surface area (Å²) in [5.74, 6) is 0.0232. The number of halogens is 2. The zero-order valence-corrected chi connectivity index (χ0v) is 22.4. The second-order valence-corrected chi connectivity index (χ2v) is 9.92. The predicted molar refractivity (Wildman–Crippen MR) is 149 cm³/mol. The van der Waals surface area contributed by atoms with Crippen LogP contribution in [0.25, 0.3) is 22.3 Å². The van der Waals surface area contributed by atoms with Gasteiger partial charge in [0.2, 0.25) is 5.88 Å². The molecule has 2 aromatic carbocycles. The SMILES string of the molecule is O=C(O)c1ccc2nc(COc3cc(-c4cccc(OCc5ccc(Cl)cc5F)c4)ccn3)n(CC3CCO3)c2n1. The molecule has 1 atom stereocenters. The third-order valence-electron chi connectivity index (χ3n) is 6.73. The second kappa shape index (κ2) is 11.5. The molecule has 0 radical (unpaired) electrons. The van der Waals surface area contributed by atoms with Crippen molar-refractivity contribution in [2.45, 2.75) is 32.3 Å². The molecular weight excluding hydrogens is 551 g/mol. The number of rotatable bonds is 10. The molecular formula is C30H24ClFN4O5. The Morgan fingerprint density at radius 2 is 1.90 bits per heavy atom. The summed E-state index contributed by atoms with van der Waals surface area (Å²) >= 11 is 5.84. The van der Waals surface area contributed by atoms with Crippen LogP contribution in [-0.2, 0) is 24.5 Å². The molecule has 0 amide bonds. The lowest BCUT2D eigenvalue weighted by atomic mass is 10.1. The number of aromatic nitrogens is 4. The van der Waals surface area contributed by atoms with Gasteiger partial charge in [0.25, 0.3) is 0 Å². The minimum atomic E-state index is -1.11. The van der Waals surface area contributed by atoms with Crippen LogP contribution < -0.4 is 9.47 Å². The quantitative estimate of drug-likeness (QED) is 0.219. The van der Waals surface area contributed by atoms with Gasteiger partial charge in [0.1, 0.15) is 36.1 Å². The Morgan fingerprint density at radius 1 is 1.05 bits per heavy atom. The molecule has 0 aliphatic carbocycles. The van der Waals surface area contributed by atoms with Gasteiger partial charge >= 0.3 is 5.97 Å². The smallest absolute Gasteiger partial charge is 0.354 e. The molecule has 6 rings (SSSR count). The Kier molecular flexibility index (Phi) is 7.49. The molecule has 1 aliphatic heterocycles. The summed E-state index contributed by atoms with van der Waals surface area (Å²) in [6.45, 7) is 1.34. The van der Waals surface area contributed by atoms with Crippen molar-refractivity contribution in [1.82, 2.24) is 19.5 Å². The molecule has 0 spiro atoms. The van der Waals surface area contributed by atoms with Crippen molar-refractivity contribution in [3.63, 3.8) is 0 Å². The fourth-order valence-corrected chi connectivity index (χ4v) is 4.63. The first-order valence-corrected chi connectivity index (χ1v) is 13.3. The molecule has 41 heavy (non-hydrogen) atoms. The highest BCUT2D eigenvalue weighted by molar-refractivity contribution is 6.30. The highest BCUT2D eigenvalue weighted by Gasteiger charge is 2.23. The number of benzene rings is 2. The maximum absolute atomic E-state index is 14.1. The normalized spacial score (nSPS) is 14.5. The molecule has 1 saturated heterocycles. The summed E-state index contributed by atoms with van der Waals surface area (Å²) in [5, 5.41) is 9.73. The summed E-state index contributed by atoms with van der Waals surface area (Å²) in [5.41, 5.74) is 3.11. The largest absolute Gasteiger partial charge is 0.489 e. The number of hydrogen-bond acceptors (Lipinski definition) is 7. The lowest BCUT2D eigenvalue weighted by Crippen LogP contribution is -2.32. The molecule has 9 nitrogen and oxygen atoms in total. The Bertz CT molecular complexity index is 1740. The monoisotopic (exact) mass is 574 g/mol. The van der Waals surface area contributed by atoms with E-state index in [0.717, 1.165) is 17.5 Å². The summed E-state index contributed by atoms with van der Waals surface area (Å²) in [7, 11) is 0. The third-order valence-corrected chi connectivity index (χ3v) is 6.97. The number of pyridine rings is 2. The van der Waals surface area contributed by atoms with Crippen LogP contribution in [0, 0.1) is 5.82 Å². The fourth-order valence-electron chi connectivity index (χ4n) is 4.47. The van der Waals surface area contributed by atoms with Gasteiger partial charge in [-0.15, -0.1) is 0 Å². The van der Waals surface area contributed by atoms with Gasteiger partial charge in [-0.2, -0.15) is 0 Å². The van der Waals surface area contributed by atoms with E-state index in [1.165, 1.54) is 12.1 Å². The average molecular weight is 575 g/mol. The maximum atomic E-state index is 14.1. The van der Waals surface area contributed by atoms with Crippen LogP contribution in [0.1, 0.15) is 28.3 Å². The summed E-state index contributed by atoms with van der Waals surface area (Å²) < 4.78 is 33.4. The molecule has 3 aromatic heterocycles. The fraction of sp³-hybridized carbons (Fsp3) is 0.200. The van der Waals surface area contributed by atoms with E-state index in [1.807, 2.05) is 28.8 Å². The van der Waals surface area contributed by atoms with E-state index in [9.17, 15) is 14.3 Å². The average Bonchev–Trinajstić information content (AvgIpc) is 3.30. The van der Waals surface area contributed by atoms with Gasteiger partial charge in [0.15, 0.2) is 11.3 Å². The van der Waals surface area contributed by atoms with Gasteiger partial charge in [-0.25, -0.2) is 24.1 Å². The van der Waals surface area contributed by atoms with Gasteiger partial charge in [-0.3, -0.25) is 0 Å². The van der Waals surface area contributed by atoms with Gasteiger partial charge in [-0.05, 0) is 60.0 Å². The Balaban J connectivity index is 1.19. The lowest BCUT2D eigenvalue weighted by Gasteiger charge is -2.27. The summed E-state index contributed by atoms with van der Waals surface area (Å²) in [6, 6.07) is 18.7. The van der Waals surface area contributed by atoms with Crippen molar-refractivity contribution in [2.24, 2.45) is 0 Å². The number of aromatic carboxylic acids is 1. The highest BCUT2D eigenvalue weighted by atomic mass is 35.5. The first kappa shape index (κ1) is 26.7. The summed E-state index contributed by atoms with van der Waals surface area (Å²) in [4.78, 5) is 24.8. The van der Waals surface area contributed by atoms with E-state index in [1.54, 1.807) is 36.5 Å². The van der Waals surface area contributed by atoms with Crippen LogP contribution in [0.5, 0.6) is 11.6 Å². The van der Waals surface area contributed by atoms with Crippen molar-refractivity contribution >= 4 is 28.7 Å². The lowest BCUT2D eigenvalue weighted by molar-refractivity contribution is -0.0593. The van der Waals surface area contributed by atoms with Crippen LogP contribution in [0.15, 0.2) is 72.9 Å². The van der Waals surface area contributed by atoms with Gasteiger partial charge < -0.3 is 23.9 Å². The molecule has 1 N–H and O–H groups in total. The first-order valence-electron chi connectivity index (χ1n) is 12.9. The van der Waals surface area contributed by atoms with E-state index in [2.05, 4.69) is 15.0 Å². The van der Waals surface area contributed by atoms with Gasteiger partial charge in [0.05, 0.1) is 12.6 Å². The number of carbonyl (C=O) groups is 1. The Hall–Kier alpha value is -4.54. The van der Waals surface area contributed by atoms with Crippen molar-refractivity contribution in [1.29, 1.82) is 0 Å². The van der Waals surface area contributed by atoms with Gasteiger partial charge in [-0.1, -0.05) is 29.8 Å². The van der Waals surface area contributed by atoms with E-state index < -0.39 is 11.8 Å². The third kappa shape index (κ3) is 5.98. The predicted octanol–water partition coefficient (Wildman–Crippen LogP) is 5.93. The highest BCUT2D eigenvalue weighted by Crippen LogP contribution is 2.28. The number of hydrogen-bond donors (Lipinski definition) is 1. The topological polar surface area (TPSA) is 109 Å². The first-order chi connectivity index (χ1) is 19.9. The minimum absolute atomic E-state index is 0.00793. The molecule has 11 heteroatoms. The number of imidazole rings is 1. The molecule has 1 unspecified atom stereocenters. The van der Waals surface area contributed by atoms with E-state index in [0.29, 0.717) is 52.4 Å². The number of carboxylic acid groups (broad SMARTS) is 1. The molecule has 0 bridgehead atoms. The Morgan fingerprint density at radius 3 is 2.68 bits per heavy atom. The molecule has 4 heterocycles. The molecule has 1 fully saturated rings. The van der Waals surface area contributed by atoms with Crippen molar-refractivity contribution in [2.75, 3.05) is 6.61 Å². The number of fused-ring (bicyclic) bond motifs is 1. The number of nitrogens with zero attached hydrogens (tertiary/aromatic N) is 4. The molecule has 0 saturated carbocycles. The van der Waals surface area contributed by atoms with Gasteiger partial charge in [0, 0.05) is 29.5 Å². The van der Waals surface area contributed by atoms with Crippen LogP contribution in [0.2, 0.25) is 5.02 Å². The number of carboxylic acids is 1. The summed E-state index contributed by atoms with van der Waals surface area (Å²) in [6.07, 6.45) is 2.56. The second-order valence-electron chi connectivity index (χ2n) is 9.49.